The van der Waals surface area contributed by atoms with Crippen LogP contribution >= 0.6 is 24.0 Å². The lowest BCUT2D eigenvalue weighted by Crippen LogP contribution is -2.39. The van der Waals surface area contributed by atoms with Crippen molar-refractivity contribution >= 4 is 29.9 Å². The third-order valence-electron chi connectivity index (χ3n) is 4.70. The summed E-state index contributed by atoms with van der Waals surface area (Å²) in [6, 6.07) is 0. The minimum atomic E-state index is 0. The van der Waals surface area contributed by atoms with Gasteiger partial charge in [-0.25, -0.2) is 0 Å². The normalized spacial score (nSPS) is 15.6. The van der Waals surface area contributed by atoms with Gasteiger partial charge in [-0.3, -0.25) is 4.99 Å². The number of nitrogens with one attached hydrogen (secondary N) is 2. The Balaban J connectivity index is 0.00000676. The van der Waals surface area contributed by atoms with Crippen molar-refractivity contribution in [1.82, 2.24) is 15.5 Å². The first kappa shape index (κ1) is 26.9. The Labute approximate surface area is 184 Å². The van der Waals surface area contributed by atoms with Gasteiger partial charge in [-0.2, -0.15) is 0 Å². The smallest absolute Gasteiger partial charge is 0.190 e. The van der Waals surface area contributed by atoms with Gasteiger partial charge in [-0.05, 0) is 64.1 Å². The fraction of sp³-hybridized carbons (Fsp3) is 0.950. The molecule has 0 unspecified atom stereocenters. The van der Waals surface area contributed by atoms with Gasteiger partial charge in [0.25, 0.3) is 0 Å². The third-order valence-corrected chi connectivity index (χ3v) is 4.70. The first-order valence-electron chi connectivity index (χ1n) is 10.6. The summed E-state index contributed by atoms with van der Waals surface area (Å²) in [5.41, 5.74) is 0. The average molecular weight is 498 g/mol. The highest BCUT2D eigenvalue weighted by atomic mass is 127. The molecule has 0 aromatic carbocycles. The maximum atomic E-state index is 5.80. The monoisotopic (exact) mass is 498 g/mol. The highest BCUT2D eigenvalue weighted by Gasteiger charge is 2.13. The number of halogens is 1. The van der Waals surface area contributed by atoms with Crippen LogP contribution in [0.1, 0.15) is 52.4 Å². The molecular weight excluding hydrogens is 455 g/mol. The second-order valence-corrected chi connectivity index (χ2v) is 7.11. The SMILES string of the molecule is CCCN(CCC)CCCNC(=NC)NCCCOCC1CCOCC1.I. The van der Waals surface area contributed by atoms with Crippen molar-refractivity contribution in [2.45, 2.75) is 52.4 Å². The molecule has 0 atom stereocenters. The van der Waals surface area contributed by atoms with Crippen LogP contribution in [0.3, 0.4) is 0 Å². The lowest BCUT2D eigenvalue weighted by atomic mass is 10.0. The lowest BCUT2D eigenvalue weighted by molar-refractivity contribution is 0.0203. The van der Waals surface area contributed by atoms with Crippen LogP contribution in [0.5, 0.6) is 0 Å². The predicted molar refractivity (Wildman–Crippen MR) is 125 cm³/mol. The van der Waals surface area contributed by atoms with Crippen molar-refractivity contribution in [3.8, 4) is 0 Å². The van der Waals surface area contributed by atoms with Crippen LogP contribution in [-0.4, -0.2) is 77.1 Å². The summed E-state index contributed by atoms with van der Waals surface area (Å²) in [4.78, 5) is 6.84. The standard InChI is InChI=1S/C20H42N4O2.HI/c1-4-12-24(13-5-2)14-6-10-22-20(21-3)23-11-7-15-26-18-19-8-16-25-17-9-19;/h19H,4-18H2,1-3H3,(H2,21,22,23);1H. The molecule has 0 aromatic rings. The van der Waals surface area contributed by atoms with Crippen LogP contribution < -0.4 is 10.6 Å². The van der Waals surface area contributed by atoms with E-state index in [2.05, 4.69) is 34.4 Å². The van der Waals surface area contributed by atoms with Gasteiger partial charge in [-0.15, -0.1) is 24.0 Å². The van der Waals surface area contributed by atoms with Gasteiger partial charge in [-0.1, -0.05) is 13.8 Å². The molecule has 1 aliphatic heterocycles. The zero-order valence-corrected chi connectivity index (χ0v) is 20.1. The van der Waals surface area contributed by atoms with Gasteiger partial charge in [0.1, 0.15) is 0 Å². The van der Waals surface area contributed by atoms with Crippen molar-refractivity contribution in [3.63, 3.8) is 0 Å². The molecule has 0 radical (unpaired) electrons. The minimum absolute atomic E-state index is 0. The number of guanidine groups is 1. The van der Waals surface area contributed by atoms with E-state index in [1.54, 1.807) is 0 Å². The summed E-state index contributed by atoms with van der Waals surface area (Å²) in [7, 11) is 1.83. The molecule has 0 spiro atoms. The maximum Gasteiger partial charge on any atom is 0.190 e. The Morgan fingerprint density at radius 1 is 1.04 bits per heavy atom. The van der Waals surface area contributed by atoms with Crippen molar-refractivity contribution < 1.29 is 9.47 Å². The van der Waals surface area contributed by atoms with Crippen molar-refractivity contribution in [1.29, 1.82) is 0 Å². The number of rotatable bonds is 14. The maximum absolute atomic E-state index is 5.80. The molecule has 6 nitrogen and oxygen atoms in total. The molecule has 162 valence electrons. The molecular formula is C20H43IN4O2. The molecule has 0 bridgehead atoms. The van der Waals surface area contributed by atoms with E-state index in [4.69, 9.17) is 9.47 Å². The van der Waals surface area contributed by atoms with Crippen LogP contribution in [0.25, 0.3) is 0 Å². The van der Waals surface area contributed by atoms with E-state index in [-0.39, 0.29) is 24.0 Å². The summed E-state index contributed by atoms with van der Waals surface area (Å²) in [6.07, 6.45) is 6.89. The van der Waals surface area contributed by atoms with E-state index in [0.717, 1.165) is 77.7 Å². The van der Waals surface area contributed by atoms with Gasteiger partial charge < -0.3 is 25.0 Å². The van der Waals surface area contributed by atoms with Gasteiger partial charge >= 0.3 is 0 Å². The fourth-order valence-corrected chi connectivity index (χ4v) is 3.24. The van der Waals surface area contributed by atoms with E-state index >= 15 is 0 Å². The Bertz CT molecular complexity index is 347. The largest absolute Gasteiger partial charge is 0.381 e. The Morgan fingerprint density at radius 3 is 2.26 bits per heavy atom. The van der Waals surface area contributed by atoms with Crippen LogP contribution in [0.4, 0.5) is 0 Å². The zero-order valence-electron chi connectivity index (χ0n) is 17.8. The van der Waals surface area contributed by atoms with Crippen LogP contribution in [0.15, 0.2) is 4.99 Å². The quantitative estimate of drug-likeness (QED) is 0.167. The van der Waals surface area contributed by atoms with E-state index in [9.17, 15) is 0 Å². The average Bonchev–Trinajstić information content (AvgIpc) is 2.67. The second kappa shape index (κ2) is 19.2. The van der Waals surface area contributed by atoms with Crippen LogP contribution in [0.2, 0.25) is 0 Å². The topological polar surface area (TPSA) is 58.1 Å². The van der Waals surface area contributed by atoms with Crippen LogP contribution in [-0.2, 0) is 9.47 Å². The van der Waals surface area contributed by atoms with Gasteiger partial charge in [0.2, 0.25) is 0 Å². The van der Waals surface area contributed by atoms with Gasteiger partial charge in [0.05, 0.1) is 0 Å². The summed E-state index contributed by atoms with van der Waals surface area (Å²) < 4.78 is 11.2. The van der Waals surface area contributed by atoms with Crippen molar-refractivity contribution in [3.05, 3.63) is 0 Å². The molecule has 0 aromatic heterocycles. The molecule has 0 saturated carbocycles. The van der Waals surface area contributed by atoms with Gasteiger partial charge in [0, 0.05) is 46.6 Å². The summed E-state index contributed by atoms with van der Waals surface area (Å²) in [5, 5.41) is 6.78. The molecule has 1 rings (SSSR count). The summed E-state index contributed by atoms with van der Waals surface area (Å²) in [5.74, 6) is 1.58. The number of hydrogen-bond donors (Lipinski definition) is 2. The van der Waals surface area contributed by atoms with Crippen LogP contribution in [0, 0.1) is 5.92 Å². The molecule has 7 heteroatoms. The summed E-state index contributed by atoms with van der Waals surface area (Å²) in [6.45, 7) is 13.4. The number of ether oxygens (including phenoxy) is 2. The molecule has 1 aliphatic rings. The highest BCUT2D eigenvalue weighted by molar-refractivity contribution is 14.0. The Hall–Kier alpha value is -0.120. The highest BCUT2D eigenvalue weighted by Crippen LogP contribution is 2.14. The number of aliphatic imine (C=N–C) groups is 1. The molecule has 2 N–H and O–H groups in total. The second-order valence-electron chi connectivity index (χ2n) is 7.11. The molecule has 1 fully saturated rings. The molecule has 1 saturated heterocycles. The fourth-order valence-electron chi connectivity index (χ4n) is 3.24. The van der Waals surface area contributed by atoms with Crippen molar-refractivity contribution in [2.24, 2.45) is 10.9 Å². The van der Waals surface area contributed by atoms with Crippen molar-refractivity contribution in [2.75, 3.05) is 66.2 Å². The van der Waals surface area contributed by atoms with E-state index in [1.807, 2.05) is 7.05 Å². The molecule has 1 heterocycles. The Morgan fingerprint density at radius 2 is 1.67 bits per heavy atom. The first-order valence-corrected chi connectivity index (χ1v) is 10.6. The zero-order chi connectivity index (χ0) is 18.9. The minimum Gasteiger partial charge on any atom is -0.381 e. The predicted octanol–water partition coefficient (Wildman–Crippen LogP) is 3.11. The lowest BCUT2D eigenvalue weighted by Gasteiger charge is -2.22. The number of nitrogens with zero attached hydrogens (tertiary/aromatic N) is 2. The summed E-state index contributed by atoms with van der Waals surface area (Å²) >= 11 is 0. The van der Waals surface area contributed by atoms with Gasteiger partial charge in [0.15, 0.2) is 5.96 Å². The molecule has 0 aliphatic carbocycles. The van der Waals surface area contributed by atoms with E-state index in [0.29, 0.717) is 5.92 Å². The van der Waals surface area contributed by atoms with E-state index in [1.165, 1.54) is 25.9 Å². The Kier molecular flexibility index (Phi) is 19.1. The molecule has 27 heavy (non-hydrogen) atoms. The molecule has 0 amide bonds. The number of hydrogen-bond acceptors (Lipinski definition) is 4. The van der Waals surface area contributed by atoms with E-state index < -0.39 is 0 Å². The third kappa shape index (κ3) is 14.5. The first-order chi connectivity index (χ1) is 12.8.